The number of nitrogens with zero attached hydrogens (tertiary/aromatic N) is 1. The number of benzene rings is 1. The monoisotopic (exact) mass is 318 g/mol. The lowest BCUT2D eigenvalue weighted by molar-refractivity contribution is 0.0929. The Morgan fingerprint density at radius 2 is 2.23 bits per heavy atom. The van der Waals surface area contributed by atoms with E-state index >= 15 is 0 Å². The van der Waals surface area contributed by atoms with Crippen LogP contribution in [-0.4, -0.2) is 28.7 Å². The Morgan fingerprint density at radius 1 is 1.41 bits per heavy atom. The highest BCUT2D eigenvalue weighted by Gasteiger charge is 2.28. The van der Waals surface area contributed by atoms with Crippen LogP contribution in [0.3, 0.4) is 0 Å². The van der Waals surface area contributed by atoms with E-state index in [0.717, 1.165) is 24.8 Å². The van der Waals surface area contributed by atoms with E-state index in [1.807, 2.05) is 18.2 Å². The summed E-state index contributed by atoms with van der Waals surface area (Å²) >= 11 is 6.21. The number of hydrogen-bond donors (Lipinski definition) is 3. The van der Waals surface area contributed by atoms with E-state index < -0.39 is 0 Å². The van der Waals surface area contributed by atoms with Crippen molar-refractivity contribution in [1.29, 1.82) is 0 Å². The Labute approximate surface area is 134 Å². The number of H-pyrrole nitrogens is 1. The van der Waals surface area contributed by atoms with Gasteiger partial charge in [-0.25, -0.2) is 0 Å². The van der Waals surface area contributed by atoms with E-state index in [0.29, 0.717) is 28.7 Å². The topological polar surface area (TPSA) is 83.8 Å². The van der Waals surface area contributed by atoms with Gasteiger partial charge in [-0.05, 0) is 31.4 Å². The smallest absolute Gasteiger partial charge is 0.255 e. The predicted molar refractivity (Wildman–Crippen MR) is 86.7 cm³/mol. The molecule has 4 N–H and O–H groups in total. The first-order chi connectivity index (χ1) is 10.7. The van der Waals surface area contributed by atoms with Crippen molar-refractivity contribution in [3.05, 3.63) is 41.0 Å². The van der Waals surface area contributed by atoms with Crippen LogP contribution in [0, 0.1) is 5.92 Å². The summed E-state index contributed by atoms with van der Waals surface area (Å²) < 4.78 is 0. The molecular weight excluding hydrogens is 300 g/mol. The van der Waals surface area contributed by atoms with Gasteiger partial charge in [-0.2, -0.15) is 5.10 Å². The Hall–Kier alpha value is -1.85. The van der Waals surface area contributed by atoms with Gasteiger partial charge >= 0.3 is 0 Å². The normalized spacial score (nSPS) is 21.0. The molecule has 0 radical (unpaired) electrons. The zero-order valence-corrected chi connectivity index (χ0v) is 12.9. The molecule has 1 fully saturated rings. The highest BCUT2D eigenvalue weighted by Crippen LogP contribution is 2.29. The number of aromatic nitrogens is 2. The maximum Gasteiger partial charge on any atom is 0.255 e. The third kappa shape index (κ3) is 2.87. The van der Waals surface area contributed by atoms with Gasteiger partial charge in [0.2, 0.25) is 0 Å². The maximum absolute atomic E-state index is 12.6. The van der Waals surface area contributed by atoms with Crippen molar-refractivity contribution in [2.24, 2.45) is 11.7 Å². The van der Waals surface area contributed by atoms with Gasteiger partial charge in [-0.15, -0.1) is 0 Å². The first-order valence-electron chi connectivity index (χ1n) is 7.50. The lowest BCUT2D eigenvalue weighted by atomic mass is 10.0. The minimum Gasteiger partial charge on any atom is -0.349 e. The van der Waals surface area contributed by atoms with E-state index in [9.17, 15) is 4.79 Å². The van der Waals surface area contributed by atoms with Gasteiger partial charge in [-0.1, -0.05) is 36.2 Å². The third-order valence-corrected chi connectivity index (χ3v) is 4.64. The van der Waals surface area contributed by atoms with Crippen LogP contribution in [-0.2, 0) is 0 Å². The quantitative estimate of drug-likeness (QED) is 0.810. The second-order valence-corrected chi connectivity index (χ2v) is 6.05. The standard InChI is InChI=1S/C16H19ClN4O/c17-13-6-2-1-5-11(13)15-12(9-19-21-15)16(22)20-14-7-3-4-10(14)8-18/h1-2,5-6,9-10,14H,3-4,7-8,18H2,(H,19,21)(H,20,22). The van der Waals surface area contributed by atoms with E-state index in [1.165, 1.54) is 0 Å². The van der Waals surface area contributed by atoms with Crippen LogP contribution in [0.1, 0.15) is 29.6 Å². The molecule has 5 nitrogen and oxygen atoms in total. The molecule has 1 aliphatic carbocycles. The maximum atomic E-state index is 12.6. The molecule has 3 rings (SSSR count). The first-order valence-corrected chi connectivity index (χ1v) is 7.87. The zero-order valence-electron chi connectivity index (χ0n) is 12.2. The number of carbonyl (C=O) groups is 1. The molecule has 1 saturated carbocycles. The molecule has 0 saturated heterocycles. The van der Waals surface area contributed by atoms with Crippen LogP contribution >= 0.6 is 11.6 Å². The molecule has 1 aromatic carbocycles. The summed E-state index contributed by atoms with van der Waals surface area (Å²) in [6, 6.07) is 7.54. The molecule has 0 spiro atoms. The van der Waals surface area contributed by atoms with Gasteiger partial charge in [0, 0.05) is 16.6 Å². The molecule has 116 valence electrons. The fourth-order valence-electron chi connectivity index (χ4n) is 3.08. The summed E-state index contributed by atoms with van der Waals surface area (Å²) in [6.07, 6.45) is 4.70. The van der Waals surface area contributed by atoms with Crippen molar-refractivity contribution in [2.75, 3.05) is 6.54 Å². The summed E-state index contributed by atoms with van der Waals surface area (Å²) in [4.78, 5) is 12.6. The van der Waals surface area contributed by atoms with Gasteiger partial charge in [0.15, 0.2) is 0 Å². The molecule has 0 bridgehead atoms. The largest absolute Gasteiger partial charge is 0.349 e. The average molecular weight is 319 g/mol. The van der Waals surface area contributed by atoms with Gasteiger partial charge in [0.05, 0.1) is 17.5 Å². The van der Waals surface area contributed by atoms with Crippen molar-refractivity contribution in [3.63, 3.8) is 0 Å². The number of halogens is 1. The van der Waals surface area contributed by atoms with Crippen molar-refractivity contribution >= 4 is 17.5 Å². The molecule has 0 aliphatic heterocycles. The van der Waals surface area contributed by atoms with Gasteiger partial charge in [-0.3, -0.25) is 9.89 Å². The van der Waals surface area contributed by atoms with Crippen LogP contribution in [0.4, 0.5) is 0 Å². The molecule has 1 aliphatic rings. The average Bonchev–Trinajstić information content (AvgIpc) is 3.16. The van der Waals surface area contributed by atoms with Crippen LogP contribution in [0.15, 0.2) is 30.5 Å². The van der Waals surface area contributed by atoms with E-state index in [2.05, 4.69) is 15.5 Å². The van der Waals surface area contributed by atoms with E-state index in [1.54, 1.807) is 12.3 Å². The summed E-state index contributed by atoms with van der Waals surface area (Å²) in [5, 5.41) is 10.6. The highest BCUT2D eigenvalue weighted by molar-refractivity contribution is 6.33. The Morgan fingerprint density at radius 3 is 3.00 bits per heavy atom. The minimum absolute atomic E-state index is 0.131. The summed E-state index contributed by atoms with van der Waals surface area (Å²) in [6.45, 7) is 0.605. The number of rotatable bonds is 4. The molecule has 1 amide bonds. The SMILES string of the molecule is NCC1CCCC1NC(=O)c1cn[nH]c1-c1ccccc1Cl. The molecule has 1 heterocycles. The van der Waals surface area contributed by atoms with Gasteiger partial charge < -0.3 is 11.1 Å². The molecule has 6 heteroatoms. The van der Waals surface area contributed by atoms with Crippen molar-refractivity contribution in [2.45, 2.75) is 25.3 Å². The number of nitrogens with two attached hydrogens (primary N) is 1. The fraction of sp³-hybridized carbons (Fsp3) is 0.375. The second-order valence-electron chi connectivity index (χ2n) is 5.65. The zero-order chi connectivity index (χ0) is 15.5. The summed E-state index contributed by atoms with van der Waals surface area (Å²) in [7, 11) is 0. The van der Waals surface area contributed by atoms with Gasteiger partial charge in [0.25, 0.3) is 5.91 Å². The second kappa shape index (κ2) is 6.50. The predicted octanol–water partition coefficient (Wildman–Crippen LogP) is 2.59. The number of hydrogen-bond acceptors (Lipinski definition) is 3. The van der Waals surface area contributed by atoms with Crippen molar-refractivity contribution in [1.82, 2.24) is 15.5 Å². The highest BCUT2D eigenvalue weighted by atomic mass is 35.5. The molecular formula is C16H19ClN4O. The number of aromatic amines is 1. The Kier molecular flexibility index (Phi) is 4.45. The minimum atomic E-state index is -0.131. The van der Waals surface area contributed by atoms with Gasteiger partial charge in [0.1, 0.15) is 0 Å². The van der Waals surface area contributed by atoms with Crippen molar-refractivity contribution in [3.8, 4) is 11.3 Å². The molecule has 1 aromatic heterocycles. The van der Waals surface area contributed by atoms with Crippen LogP contribution in [0.5, 0.6) is 0 Å². The molecule has 2 unspecified atom stereocenters. The van der Waals surface area contributed by atoms with E-state index in [-0.39, 0.29) is 11.9 Å². The number of amides is 1. The molecule has 2 aromatic rings. The summed E-state index contributed by atoms with van der Waals surface area (Å²) in [5.41, 5.74) is 7.70. The summed E-state index contributed by atoms with van der Waals surface area (Å²) in [5.74, 6) is 0.230. The van der Waals surface area contributed by atoms with Crippen LogP contribution < -0.4 is 11.1 Å². The number of nitrogens with one attached hydrogen (secondary N) is 2. The lowest BCUT2D eigenvalue weighted by Crippen LogP contribution is -2.39. The molecule has 22 heavy (non-hydrogen) atoms. The lowest BCUT2D eigenvalue weighted by Gasteiger charge is -2.19. The number of carbonyl (C=O) groups excluding carboxylic acids is 1. The van der Waals surface area contributed by atoms with E-state index in [4.69, 9.17) is 17.3 Å². The fourth-order valence-corrected chi connectivity index (χ4v) is 3.31. The third-order valence-electron chi connectivity index (χ3n) is 4.31. The first kappa shape index (κ1) is 15.1. The molecule has 2 atom stereocenters. The van der Waals surface area contributed by atoms with Crippen LogP contribution in [0.2, 0.25) is 5.02 Å². The van der Waals surface area contributed by atoms with Crippen molar-refractivity contribution < 1.29 is 4.79 Å². The van der Waals surface area contributed by atoms with Crippen LogP contribution in [0.25, 0.3) is 11.3 Å². The Bertz CT molecular complexity index is 670. The Balaban J connectivity index is 1.83.